The van der Waals surface area contributed by atoms with Crippen molar-refractivity contribution in [1.82, 2.24) is 0 Å². The van der Waals surface area contributed by atoms with E-state index in [1.165, 1.54) is 12.3 Å². The molecule has 138 valence electrons. The number of carbonyl (C=O) groups is 1. The van der Waals surface area contributed by atoms with Crippen LogP contribution in [-0.4, -0.2) is 5.97 Å². The normalized spacial score (nSPS) is 11.2. The molecule has 2 aromatic heterocycles. The standard InChI is InChI=1S/C23H16O5/c1-15-9-11-18-17(14-15)21(25)23(22(27-18)19-8-5-13-26-19)28-20(24)12-10-16-6-3-2-4-7-16/h2-14H,1H3/b12-10+. The van der Waals surface area contributed by atoms with Crippen LogP contribution in [0.4, 0.5) is 0 Å². The van der Waals surface area contributed by atoms with Gasteiger partial charge in [-0.1, -0.05) is 42.0 Å². The predicted octanol–water partition coefficient (Wildman–Crippen LogP) is 4.98. The van der Waals surface area contributed by atoms with Crippen molar-refractivity contribution in [2.45, 2.75) is 6.92 Å². The van der Waals surface area contributed by atoms with E-state index in [2.05, 4.69) is 0 Å². The minimum Gasteiger partial charge on any atom is -0.461 e. The Kier molecular flexibility index (Phi) is 4.64. The number of benzene rings is 2. The summed E-state index contributed by atoms with van der Waals surface area (Å²) in [6.07, 6.45) is 4.33. The number of ether oxygens (including phenoxy) is 1. The molecule has 4 aromatic rings. The maximum absolute atomic E-state index is 13.0. The van der Waals surface area contributed by atoms with Crippen molar-refractivity contribution in [3.05, 3.63) is 94.4 Å². The van der Waals surface area contributed by atoms with E-state index in [4.69, 9.17) is 13.6 Å². The van der Waals surface area contributed by atoms with Crippen LogP contribution in [0.5, 0.6) is 5.75 Å². The lowest BCUT2D eigenvalue weighted by molar-refractivity contribution is -0.129. The molecule has 4 rings (SSSR count). The third-order valence-electron chi connectivity index (χ3n) is 4.16. The van der Waals surface area contributed by atoms with Gasteiger partial charge in [-0.3, -0.25) is 4.79 Å². The molecular weight excluding hydrogens is 356 g/mol. The van der Waals surface area contributed by atoms with Crippen LogP contribution in [0.1, 0.15) is 11.1 Å². The molecule has 0 fully saturated rings. The van der Waals surface area contributed by atoms with Crippen LogP contribution < -0.4 is 10.2 Å². The van der Waals surface area contributed by atoms with Gasteiger partial charge in [-0.25, -0.2) is 4.79 Å². The lowest BCUT2D eigenvalue weighted by Gasteiger charge is -2.08. The summed E-state index contributed by atoms with van der Waals surface area (Å²) in [5.74, 6) is -0.506. The Balaban J connectivity index is 1.77. The number of carbonyl (C=O) groups excluding carboxylic acids is 1. The minimum absolute atomic E-state index is 0.0767. The van der Waals surface area contributed by atoms with Gasteiger partial charge in [0.2, 0.25) is 16.9 Å². The molecule has 0 saturated carbocycles. The Hall–Kier alpha value is -3.86. The molecule has 0 amide bonds. The molecule has 0 unspecified atom stereocenters. The van der Waals surface area contributed by atoms with E-state index in [0.717, 1.165) is 11.1 Å². The summed E-state index contributed by atoms with van der Waals surface area (Å²) in [5.41, 5.74) is 1.69. The van der Waals surface area contributed by atoms with Crippen molar-refractivity contribution in [3.63, 3.8) is 0 Å². The van der Waals surface area contributed by atoms with Gasteiger partial charge in [0.05, 0.1) is 11.6 Å². The second-order valence-corrected chi connectivity index (χ2v) is 6.23. The Bertz CT molecular complexity index is 1220. The molecule has 0 radical (unpaired) electrons. The first-order valence-electron chi connectivity index (χ1n) is 8.68. The molecule has 0 spiro atoms. The number of hydrogen-bond donors (Lipinski definition) is 0. The molecule has 5 nitrogen and oxygen atoms in total. The fourth-order valence-electron chi connectivity index (χ4n) is 2.82. The summed E-state index contributed by atoms with van der Waals surface area (Å²) in [5, 5.41) is 0.338. The SMILES string of the molecule is Cc1ccc2oc(-c3ccco3)c(OC(=O)/C=C/c3ccccc3)c(=O)c2c1. The molecule has 0 bridgehead atoms. The van der Waals surface area contributed by atoms with Crippen molar-refractivity contribution in [3.8, 4) is 17.3 Å². The van der Waals surface area contributed by atoms with Crippen molar-refractivity contribution < 1.29 is 18.4 Å². The molecule has 28 heavy (non-hydrogen) atoms. The average Bonchev–Trinajstić information content (AvgIpc) is 3.24. The zero-order valence-corrected chi connectivity index (χ0v) is 15.0. The maximum Gasteiger partial charge on any atom is 0.336 e. The van der Waals surface area contributed by atoms with Crippen LogP contribution >= 0.6 is 0 Å². The Morgan fingerprint density at radius 1 is 1.04 bits per heavy atom. The minimum atomic E-state index is -0.684. The van der Waals surface area contributed by atoms with Crippen molar-refractivity contribution in [1.29, 1.82) is 0 Å². The number of hydrogen-bond acceptors (Lipinski definition) is 5. The van der Waals surface area contributed by atoms with Gasteiger partial charge in [-0.15, -0.1) is 0 Å². The zero-order valence-electron chi connectivity index (χ0n) is 15.0. The highest BCUT2D eigenvalue weighted by Gasteiger charge is 2.21. The summed E-state index contributed by atoms with van der Waals surface area (Å²) >= 11 is 0. The Labute approximate surface area is 160 Å². The maximum atomic E-state index is 13.0. The highest BCUT2D eigenvalue weighted by atomic mass is 16.5. The summed E-state index contributed by atoms with van der Waals surface area (Å²) in [6.45, 7) is 1.87. The van der Waals surface area contributed by atoms with Gasteiger partial charge in [0.15, 0.2) is 5.76 Å². The van der Waals surface area contributed by atoms with Crippen LogP contribution in [-0.2, 0) is 4.79 Å². The van der Waals surface area contributed by atoms with E-state index in [1.54, 1.807) is 30.3 Å². The van der Waals surface area contributed by atoms with Crippen LogP contribution in [0.25, 0.3) is 28.6 Å². The number of rotatable bonds is 4. The number of furan rings is 1. The molecular formula is C23H16O5. The lowest BCUT2D eigenvalue weighted by Crippen LogP contribution is -2.14. The first-order chi connectivity index (χ1) is 13.6. The van der Waals surface area contributed by atoms with E-state index in [-0.39, 0.29) is 11.5 Å². The van der Waals surface area contributed by atoms with Gasteiger partial charge >= 0.3 is 5.97 Å². The van der Waals surface area contributed by atoms with Crippen LogP contribution in [0.15, 0.2) is 86.6 Å². The van der Waals surface area contributed by atoms with E-state index < -0.39 is 11.4 Å². The van der Waals surface area contributed by atoms with Gasteiger partial charge in [-0.05, 0) is 42.8 Å². The molecule has 2 aromatic carbocycles. The smallest absolute Gasteiger partial charge is 0.336 e. The van der Waals surface area contributed by atoms with Crippen LogP contribution in [0.2, 0.25) is 0 Å². The fourth-order valence-corrected chi connectivity index (χ4v) is 2.82. The summed E-state index contributed by atoms with van der Waals surface area (Å²) in [4.78, 5) is 25.3. The Morgan fingerprint density at radius 2 is 1.86 bits per heavy atom. The molecule has 0 atom stereocenters. The highest BCUT2D eigenvalue weighted by Crippen LogP contribution is 2.31. The molecule has 0 N–H and O–H groups in total. The number of fused-ring (bicyclic) bond motifs is 1. The van der Waals surface area contributed by atoms with E-state index in [1.807, 2.05) is 43.3 Å². The van der Waals surface area contributed by atoms with Gasteiger partial charge in [0.1, 0.15) is 5.58 Å². The first-order valence-corrected chi connectivity index (χ1v) is 8.68. The molecule has 0 saturated heterocycles. The summed E-state index contributed by atoms with van der Waals surface area (Å²) < 4.78 is 16.6. The van der Waals surface area contributed by atoms with Crippen molar-refractivity contribution in [2.75, 3.05) is 0 Å². The summed E-state index contributed by atoms with van der Waals surface area (Å²) in [7, 11) is 0. The zero-order chi connectivity index (χ0) is 19.5. The monoisotopic (exact) mass is 372 g/mol. The highest BCUT2D eigenvalue weighted by molar-refractivity contribution is 5.90. The van der Waals surface area contributed by atoms with Gasteiger partial charge in [-0.2, -0.15) is 0 Å². The quantitative estimate of drug-likeness (QED) is 0.373. The van der Waals surface area contributed by atoms with Crippen LogP contribution in [0, 0.1) is 6.92 Å². The second-order valence-electron chi connectivity index (χ2n) is 6.23. The molecule has 2 heterocycles. The largest absolute Gasteiger partial charge is 0.461 e. The van der Waals surface area contributed by atoms with E-state index in [0.29, 0.717) is 16.7 Å². The Morgan fingerprint density at radius 3 is 2.61 bits per heavy atom. The predicted molar refractivity (Wildman–Crippen MR) is 106 cm³/mol. The van der Waals surface area contributed by atoms with Gasteiger partial charge < -0.3 is 13.6 Å². The third kappa shape index (κ3) is 3.50. The molecule has 0 aliphatic heterocycles. The third-order valence-corrected chi connectivity index (χ3v) is 4.16. The first kappa shape index (κ1) is 17.5. The van der Waals surface area contributed by atoms with Gasteiger partial charge in [0.25, 0.3) is 0 Å². The lowest BCUT2D eigenvalue weighted by atomic mass is 10.1. The summed E-state index contributed by atoms with van der Waals surface area (Å²) in [6, 6.07) is 17.9. The van der Waals surface area contributed by atoms with E-state index in [9.17, 15) is 9.59 Å². The average molecular weight is 372 g/mol. The molecule has 5 heteroatoms. The topological polar surface area (TPSA) is 69.7 Å². The van der Waals surface area contributed by atoms with E-state index >= 15 is 0 Å². The second kappa shape index (κ2) is 7.40. The van der Waals surface area contributed by atoms with Gasteiger partial charge in [0, 0.05) is 6.08 Å². The van der Waals surface area contributed by atoms with Crippen molar-refractivity contribution in [2.24, 2.45) is 0 Å². The molecule has 0 aliphatic rings. The van der Waals surface area contributed by atoms with Crippen LogP contribution in [0.3, 0.4) is 0 Å². The number of esters is 1. The fraction of sp³-hybridized carbons (Fsp3) is 0.0435. The number of aryl methyl sites for hydroxylation is 1. The van der Waals surface area contributed by atoms with Crippen molar-refractivity contribution >= 4 is 23.0 Å². The molecule has 0 aliphatic carbocycles.